The summed E-state index contributed by atoms with van der Waals surface area (Å²) >= 11 is 0. The van der Waals surface area contributed by atoms with Crippen LogP contribution in [0.5, 0.6) is 0 Å². The third-order valence-corrected chi connectivity index (χ3v) is 4.90. The van der Waals surface area contributed by atoms with Gasteiger partial charge in [0.2, 0.25) is 11.9 Å². The summed E-state index contributed by atoms with van der Waals surface area (Å²) in [7, 11) is 0. The van der Waals surface area contributed by atoms with Crippen LogP contribution in [0, 0.1) is 5.92 Å². The van der Waals surface area contributed by atoms with E-state index in [0.29, 0.717) is 13.1 Å². The molecule has 3 rings (SSSR count). The molecule has 1 aromatic heterocycles. The number of nitrogens with one attached hydrogen (secondary N) is 3. The van der Waals surface area contributed by atoms with Gasteiger partial charge in [-0.05, 0) is 25.8 Å². The minimum absolute atomic E-state index is 0. The Balaban J connectivity index is 0.00000300. The molecule has 29 heavy (non-hydrogen) atoms. The highest BCUT2D eigenvalue weighted by Gasteiger charge is 2.28. The number of carbonyl (C=O) groups excluding carboxylic acids is 1. The summed E-state index contributed by atoms with van der Waals surface area (Å²) in [5.41, 5.74) is 0. The lowest BCUT2D eigenvalue weighted by molar-refractivity contribution is -0.122. The van der Waals surface area contributed by atoms with Crippen LogP contribution in [0.1, 0.15) is 19.8 Å². The number of hydrogen-bond acceptors (Lipinski definition) is 6. The lowest BCUT2D eigenvalue weighted by Gasteiger charge is -2.34. The van der Waals surface area contributed by atoms with E-state index in [1.807, 2.05) is 6.07 Å². The van der Waals surface area contributed by atoms with Crippen molar-refractivity contribution in [3.05, 3.63) is 18.5 Å². The van der Waals surface area contributed by atoms with Crippen LogP contribution in [0.25, 0.3) is 0 Å². The molecule has 0 atom stereocenters. The molecule has 1 aliphatic heterocycles. The van der Waals surface area contributed by atoms with Crippen LogP contribution < -0.4 is 20.9 Å². The molecule has 1 saturated heterocycles. The number of aromatic nitrogens is 2. The van der Waals surface area contributed by atoms with Crippen molar-refractivity contribution in [2.24, 2.45) is 10.9 Å². The van der Waals surface area contributed by atoms with Gasteiger partial charge in [-0.2, -0.15) is 0 Å². The highest BCUT2D eigenvalue weighted by Crippen LogP contribution is 2.28. The zero-order valence-corrected chi connectivity index (χ0v) is 19.5. The van der Waals surface area contributed by atoms with Gasteiger partial charge in [0.15, 0.2) is 5.96 Å². The Morgan fingerprint density at radius 2 is 1.79 bits per heavy atom. The summed E-state index contributed by atoms with van der Waals surface area (Å²) in [6.45, 7) is 9.70. The van der Waals surface area contributed by atoms with Crippen LogP contribution in [0.15, 0.2) is 23.5 Å². The Kier molecular flexibility index (Phi) is 10.4. The Bertz CT molecular complexity index is 632. The lowest BCUT2D eigenvalue weighted by Crippen LogP contribution is -2.48. The molecule has 2 heterocycles. The van der Waals surface area contributed by atoms with Gasteiger partial charge in [0.25, 0.3) is 0 Å². The van der Waals surface area contributed by atoms with Crippen molar-refractivity contribution >= 4 is 41.8 Å². The fraction of sp³-hybridized carbons (Fsp3) is 0.684. The molecule has 9 nitrogen and oxygen atoms in total. The van der Waals surface area contributed by atoms with Crippen molar-refractivity contribution in [1.82, 2.24) is 30.8 Å². The first-order chi connectivity index (χ1) is 13.8. The normalized spacial score (nSPS) is 17.4. The minimum Gasteiger partial charge on any atom is -0.357 e. The molecule has 2 fully saturated rings. The number of guanidine groups is 1. The molecule has 10 heteroatoms. The number of nitrogens with zero attached hydrogens (tertiary/aromatic N) is 5. The van der Waals surface area contributed by atoms with E-state index in [1.165, 1.54) is 0 Å². The van der Waals surface area contributed by atoms with Crippen LogP contribution in [0.2, 0.25) is 0 Å². The molecule has 0 bridgehead atoms. The van der Waals surface area contributed by atoms with Crippen molar-refractivity contribution < 1.29 is 4.79 Å². The van der Waals surface area contributed by atoms with Gasteiger partial charge in [0.05, 0.1) is 6.54 Å². The van der Waals surface area contributed by atoms with Crippen molar-refractivity contribution in [1.29, 1.82) is 0 Å². The van der Waals surface area contributed by atoms with Gasteiger partial charge >= 0.3 is 0 Å². The van der Waals surface area contributed by atoms with Crippen molar-refractivity contribution in [2.45, 2.75) is 19.8 Å². The monoisotopic (exact) mass is 516 g/mol. The Morgan fingerprint density at radius 3 is 2.45 bits per heavy atom. The first-order valence-corrected chi connectivity index (χ1v) is 10.3. The van der Waals surface area contributed by atoms with Gasteiger partial charge in [-0.3, -0.25) is 14.7 Å². The van der Waals surface area contributed by atoms with E-state index in [1.54, 1.807) is 12.4 Å². The predicted octanol–water partition coefficient (Wildman–Crippen LogP) is 0.298. The zero-order valence-electron chi connectivity index (χ0n) is 17.1. The van der Waals surface area contributed by atoms with Crippen molar-refractivity contribution in [2.75, 3.05) is 63.8 Å². The number of hydrogen-bond donors (Lipinski definition) is 3. The molecule has 0 unspecified atom stereocenters. The molecule has 1 amide bonds. The topological polar surface area (TPSA) is 97.8 Å². The van der Waals surface area contributed by atoms with Crippen LogP contribution in [0.3, 0.4) is 0 Å². The number of carbonyl (C=O) groups is 1. The number of amides is 1. The summed E-state index contributed by atoms with van der Waals surface area (Å²) in [5, 5.41) is 9.50. The summed E-state index contributed by atoms with van der Waals surface area (Å²) in [6, 6.07) is 1.84. The first kappa shape index (κ1) is 23.6. The average Bonchev–Trinajstić information content (AvgIpc) is 3.58. The van der Waals surface area contributed by atoms with Gasteiger partial charge < -0.3 is 20.9 Å². The highest BCUT2D eigenvalue weighted by atomic mass is 127. The maximum Gasteiger partial charge on any atom is 0.225 e. The highest BCUT2D eigenvalue weighted by molar-refractivity contribution is 14.0. The summed E-state index contributed by atoms with van der Waals surface area (Å²) in [4.78, 5) is 29.6. The standard InChI is InChI=1S/C19H32N8O.HI/c1-2-20-18(22-9-8-21-17(28)16-4-5-16)23-10-11-26-12-14-27(15-13-26)19-24-6-3-7-25-19;/h3,6-7,16H,2,4-5,8-15H2,1H3,(H,21,28)(H2,20,22,23);1H. The van der Waals surface area contributed by atoms with Crippen molar-refractivity contribution in [3.63, 3.8) is 0 Å². The maximum atomic E-state index is 11.6. The number of anilines is 1. The van der Waals surface area contributed by atoms with Gasteiger partial charge in [0.1, 0.15) is 0 Å². The minimum atomic E-state index is 0. The molecular formula is C19H33IN8O. The summed E-state index contributed by atoms with van der Waals surface area (Å²) in [5.74, 6) is 2.06. The number of halogens is 1. The molecule has 0 aromatic carbocycles. The Labute approximate surface area is 190 Å². The molecule has 3 N–H and O–H groups in total. The molecule has 1 saturated carbocycles. The second-order valence-electron chi connectivity index (χ2n) is 7.13. The number of aliphatic imine (C=N–C) groups is 1. The average molecular weight is 516 g/mol. The first-order valence-electron chi connectivity index (χ1n) is 10.3. The lowest BCUT2D eigenvalue weighted by atomic mass is 10.3. The van der Waals surface area contributed by atoms with E-state index in [2.05, 4.69) is 47.6 Å². The molecule has 1 aliphatic carbocycles. The summed E-state index contributed by atoms with van der Waals surface area (Å²) < 4.78 is 0. The quantitative estimate of drug-likeness (QED) is 0.188. The number of rotatable bonds is 9. The maximum absolute atomic E-state index is 11.6. The van der Waals surface area contributed by atoms with Crippen LogP contribution in [-0.4, -0.2) is 85.6 Å². The van der Waals surface area contributed by atoms with Crippen LogP contribution >= 0.6 is 24.0 Å². The van der Waals surface area contributed by atoms with Crippen LogP contribution in [-0.2, 0) is 4.79 Å². The van der Waals surface area contributed by atoms with Crippen LogP contribution in [0.4, 0.5) is 5.95 Å². The Morgan fingerprint density at radius 1 is 1.10 bits per heavy atom. The molecular weight excluding hydrogens is 483 g/mol. The van der Waals surface area contributed by atoms with E-state index < -0.39 is 0 Å². The predicted molar refractivity (Wildman–Crippen MR) is 126 cm³/mol. The molecule has 162 valence electrons. The molecule has 0 spiro atoms. The molecule has 0 radical (unpaired) electrons. The number of piperazine rings is 1. The zero-order chi connectivity index (χ0) is 19.6. The fourth-order valence-corrected chi connectivity index (χ4v) is 3.13. The van der Waals surface area contributed by atoms with Gasteiger partial charge in [0, 0.05) is 70.7 Å². The second-order valence-corrected chi connectivity index (χ2v) is 7.13. The van der Waals surface area contributed by atoms with E-state index in [0.717, 1.165) is 70.6 Å². The largest absolute Gasteiger partial charge is 0.357 e. The summed E-state index contributed by atoms with van der Waals surface area (Å²) in [6.07, 6.45) is 5.65. The molecule has 1 aromatic rings. The SMILES string of the molecule is CCNC(=NCCN1CCN(c2ncccn2)CC1)NCCNC(=O)C1CC1.I. The van der Waals surface area contributed by atoms with Gasteiger partial charge in [-0.25, -0.2) is 9.97 Å². The van der Waals surface area contributed by atoms with E-state index in [-0.39, 0.29) is 35.8 Å². The molecule has 2 aliphatic rings. The van der Waals surface area contributed by atoms with E-state index in [4.69, 9.17) is 0 Å². The Hall–Kier alpha value is -1.69. The van der Waals surface area contributed by atoms with E-state index >= 15 is 0 Å². The fourth-order valence-electron chi connectivity index (χ4n) is 3.13. The smallest absolute Gasteiger partial charge is 0.225 e. The van der Waals surface area contributed by atoms with Gasteiger partial charge in [-0.1, -0.05) is 0 Å². The van der Waals surface area contributed by atoms with Crippen molar-refractivity contribution in [3.8, 4) is 0 Å². The van der Waals surface area contributed by atoms with Gasteiger partial charge in [-0.15, -0.1) is 24.0 Å². The third-order valence-electron chi connectivity index (χ3n) is 4.90. The van der Waals surface area contributed by atoms with E-state index in [9.17, 15) is 4.79 Å². The third kappa shape index (κ3) is 8.29. The second kappa shape index (κ2) is 12.8.